The minimum atomic E-state index is -2.87. The summed E-state index contributed by atoms with van der Waals surface area (Å²) in [5.74, 6) is 0. The van der Waals surface area contributed by atoms with E-state index in [1.807, 2.05) is 272 Å². The van der Waals surface area contributed by atoms with Crippen LogP contribution in [-0.2, 0) is 62.3 Å². The van der Waals surface area contributed by atoms with E-state index in [4.69, 9.17) is 56.7 Å². The molecule has 4 atom stereocenters. The lowest BCUT2D eigenvalue weighted by Gasteiger charge is -2.20. The molecule has 5 aliphatic rings. The monoisotopic (exact) mass is 1970 g/mol. The van der Waals surface area contributed by atoms with E-state index in [9.17, 15) is 0 Å². The van der Waals surface area contributed by atoms with Crippen molar-refractivity contribution in [1.29, 1.82) is 0 Å². The molecule has 5 aliphatic carbocycles. The van der Waals surface area contributed by atoms with Crippen molar-refractivity contribution in [2.24, 2.45) is 35.2 Å². The summed E-state index contributed by atoms with van der Waals surface area (Å²) in [6, 6.07) is 90.8. The van der Waals surface area contributed by atoms with Crippen LogP contribution in [0.1, 0.15) is 177 Å². The zero-order chi connectivity index (χ0) is 118. The molecule has 0 bridgehead atoms. The van der Waals surface area contributed by atoms with Gasteiger partial charge in [0.15, 0.2) is 47.7 Å². The number of furan rings is 5. The summed E-state index contributed by atoms with van der Waals surface area (Å²) in [6.07, 6.45) is 16.7. The van der Waals surface area contributed by atoms with Crippen molar-refractivity contribution in [3.05, 3.63) is 419 Å². The van der Waals surface area contributed by atoms with Gasteiger partial charge in [-0.15, -0.1) is 0 Å². The van der Waals surface area contributed by atoms with Crippen molar-refractivity contribution < 1.29 is 69.6 Å². The topological polar surface area (TPSA) is 150 Å². The van der Waals surface area contributed by atoms with Crippen molar-refractivity contribution in [2.75, 3.05) is 0 Å². The van der Waals surface area contributed by atoms with E-state index < -0.39 is 68.2 Å². The van der Waals surface area contributed by atoms with Gasteiger partial charge < -0.3 is 22.1 Å². The van der Waals surface area contributed by atoms with Crippen molar-refractivity contribution in [2.45, 2.75) is 130 Å². The van der Waals surface area contributed by atoms with Crippen LogP contribution in [0.25, 0.3) is 222 Å². The molecule has 730 valence electrons. The van der Waals surface area contributed by atoms with Crippen LogP contribution < -0.4 is 22.8 Å². The second kappa shape index (κ2) is 33.9. The number of nitrogens with zero attached hydrogens (tertiary/aromatic N) is 10. The Labute approximate surface area is 896 Å². The van der Waals surface area contributed by atoms with Gasteiger partial charge in [0.05, 0.1) is 50.6 Å². The SMILES string of the molecule is [2H]C([2H])([2H])C1(C([2H])([2H])[2H])c2ccccc2-c2c1ncc1c2oc2c(-c3cccc[n+]3C)c(C)ccc21.[2H]C([2H])([2H])C1(C)c2cc3c(cc2-c2cccnc21)oc1c(-c2cccc[n+]2C)c(C)ccc13.[2H]C([2H])([2H])C1(C)c2ccccc2-c2c1cnc1c2oc2c(-c3cccc[n+]3C)c(C)ccc21.[2H]C([2H])([2H])C1(C)c2ccccc2-c2nc3oc4c(-c5cccc[n+]5C)c(C)ccc4c3cc21.[2H]C([2H])([2H])C1(C)c2ncccc2-c2ccc3c(oc4c(-c5cccc[n+]5C)c(C)ccc43)c21. The van der Waals surface area contributed by atoms with Gasteiger partial charge in [-0.05, 0) is 205 Å². The molecular formula is C135H115N10O5+5. The Morgan fingerprint density at radius 3 is 1.15 bits per heavy atom. The lowest BCUT2D eigenvalue weighted by atomic mass is 9.82. The number of aromatic nitrogens is 10. The lowest BCUT2D eigenvalue weighted by molar-refractivity contribution is -0.660. The minimum Gasteiger partial charge on any atom is -0.455 e. The third kappa shape index (κ3) is 13.7. The number of pyridine rings is 10. The summed E-state index contributed by atoms with van der Waals surface area (Å²) in [7, 11) is 10.0. The predicted octanol–water partition coefficient (Wildman–Crippen LogP) is 30.4. The molecule has 0 saturated carbocycles. The lowest BCUT2D eigenvalue weighted by Crippen LogP contribution is -2.30. The first-order chi connectivity index (χ1) is 79.9. The summed E-state index contributed by atoms with van der Waals surface area (Å²) < 4.78 is 194. The summed E-state index contributed by atoms with van der Waals surface area (Å²) in [6.45, 7) is 2.76. The number of hydrogen-bond donors (Lipinski definition) is 0. The average Bonchev–Trinajstić information content (AvgIpc) is 1.50. The Hall–Kier alpha value is -17.3. The molecule has 0 N–H and O–H groups in total. The van der Waals surface area contributed by atoms with Gasteiger partial charge in [-0.1, -0.05) is 201 Å². The van der Waals surface area contributed by atoms with E-state index >= 15 is 0 Å². The van der Waals surface area contributed by atoms with Gasteiger partial charge in [0.2, 0.25) is 34.2 Å². The average molecular weight is 1980 g/mol. The number of benzene rings is 10. The highest BCUT2D eigenvalue weighted by Crippen LogP contribution is 2.59. The van der Waals surface area contributed by atoms with Gasteiger partial charge in [0.1, 0.15) is 74.3 Å². The number of aryl methyl sites for hydroxylation is 10. The third-order valence-electron chi connectivity index (χ3n) is 31.8. The second-order valence-electron chi connectivity index (χ2n) is 41.3. The zero-order valence-electron chi connectivity index (χ0n) is 103. The first-order valence-electron chi connectivity index (χ1n) is 59.4. The van der Waals surface area contributed by atoms with Crippen LogP contribution in [0.5, 0.6) is 0 Å². The number of hydrogen-bond acceptors (Lipinski definition) is 10. The molecule has 0 fully saturated rings. The quantitative estimate of drug-likeness (QED) is 0.152. The van der Waals surface area contributed by atoms with E-state index in [2.05, 4.69) is 122 Å². The highest BCUT2D eigenvalue weighted by Gasteiger charge is 2.46. The highest BCUT2D eigenvalue weighted by atomic mass is 16.4. The van der Waals surface area contributed by atoms with E-state index in [-0.39, 0.29) is 11.3 Å². The van der Waals surface area contributed by atoms with Crippen LogP contribution in [0.2, 0.25) is 0 Å². The van der Waals surface area contributed by atoms with Crippen molar-refractivity contribution in [1.82, 2.24) is 24.9 Å². The standard InChI is InChI=1S/5C27H23N2O/c1-16-10-11-18-19-13-12-17-20-8-7-14-28-26(20)27(2,3)23(17)25(19)30-24(18)22(16)21-9-5-6-15-29(21)4;1-16-10-11-17-20-14-21-19(18-8-7-12-28-26(18)27(21,2)3)15-23(20)30-25(17)24(16)22-9-5-6-13-29(22)4;1-16-12-13-17-19-15-21-24(18-9-5-6-10-20(18)27(21,2)3)28-26(19)30-25(17)23(16)22-11-7-8-14-29(22)4;1-16-12-13-17-19-15-28-26-23(18-9-5-6-10-20(18)27(26,2)3)25(19)30-24(17)22(16)21-11-7-8-14-29(21)4;1-16-12-13-18-24-26(30-25(18)22(16)21-11-7-8-14-29(21)4)23-17-9-5-6-10-19(17)27(2,3)20(23)15-28-24/h5*5-15H,1-4H3/q5*+1/i3*2D3;2D3,3D3;2D3. The molecule has 15 heteroatoms. The first-order valence-corrected chi connectivity index (χ1v) is 50.4. The summed E-state index contributed by atoms with van der Waals surface area (Å²) in [4.78, 5) is 23.3. The molecule has 0 aliphatic heterocycles. The van der Waals surface area contributed by atoms with Crippen LogP contribution in [0.15, 0.2) is 357 Å². The van der Waals surface area contributed by atoms with Crippen molar-refractivity contribution >= 4 is 110 Å². The summed E-state index contributed by atoms with van der Waals surface area (Å²) in [5, 5.41) is 8.06. The second-order valence-corrected chi connectivity index (χ2v) is 41.3. The zero-order valence-corrected chi connectivity index (χ0v) is 85.3. The van der Waals surface area contributed by atoms with E-state index in [0.717, 1.165) is 222 Å². The molecule has 10 aromatic carbocycles. The van der Waals surface area contributed by atoms with Gasteiger partial charge >= 0.3 is 0 Å². The first kappa shape index (κ1) is 74.6. The van der Waals surface area contributed by atoms with Crippen LogP contribution >= 0.6 is 0 Å². The molecular weight excluding hydrogens is 1840 g/mol. The molecule has 0 amide bonds. The molecule has 25 aromatic rings. The van der Waals surface area contributed by atoms with Gasteiger partial charge in [-0.25, -0.2) is 27.8 Å². The van der Waals surface area contributed by atoms with E-state index in [0.29, 0.717) is 72.8 Å². The van der Waals surface area contributed by atoms with Crippen LogP contribution in [0, 0.1) is 34.6 Å². The Bertz CT molecular complexity index is 10600. The molecule has 150 heavy (non-hydrogen) atoms. The molecule has 4 unspecified atom stereocenters. The fourth-order valence-electron chi connectivity index (χ4n) is 24.2. The third-order valence-corrected chi connectivity index (χ3v) is 31.8. The van der Waals surface area contributed by atoms with Gasteiger partial charge in [0.25, 0.3) is 0 Å². The fraction of sp³-hybridized carbons (Fsp3) is 0.185. The Morgan fingerprint density at radius 1 is 0.247 bits per heavy atom. The Morgan fingerprint density at radius 2 is 0.627 bits per heavy atom. The summed E-state index contributed by atoms with van der Waals surface area (Å²) in [5.41, 5.74) is 29.8. The highest BCUT2D eigenvalue weighted by molar-refractivity contribution is 6.18. The smallest absolute Gasteiger partial charge is 0.227 e. The van der Waals surface area contributed by atoms with Crippen LogP contribution in [0.4, 0.5) is 0 Å². The van der Waals surface area contributed by atoms with E-state index in [1.165, 1.54) is 0 Å². The predicted molar refractivity (Wildman–Crippen MR) is 602 cm³/mol. The maximum absolute atomic E-state index is 8.48. The molecule has 0 spiro atoms. The van der Waals surface area contributed by atoms with E-state index in [1.54, 1.807) is 76.7 Å². The largest absolute Gasteiger partial charge is 0.455 e. The normalized spacial score (nSPS) is 19.1. The Kier molecular flexibility index (Phi) is 16.8. The van der Waals surface area contributed by atoms with Crippen LogP contribution in [0.3, 0.4) is 0 Å². The van der Waals surface area contributed by atoms with Gasteiger partial charge in [-0.2, -0.15) is 0 Å². The molecule has 0 saturated heterocycles. The van der Waals surface area contributed by atoms with Crippen molar-refractivity contribution in [3.63, 3.8) is 0 Å². The fourth-order valence-corrected chi connectivity index (χ4v) is 24.2. The summed E-state index contributed by atoms with van der Waals surface area (Å²) >= 11 is 0. The van der Waals surface area contributed by atoms with Crippen LogP contribution in [-0.4, -0.2) is 24.9 Å². The molecule has 15 nitrogen and oxygen atoms in total. The Balaban J connectivity index is 0.000000103. The number of fused-ring (bicyclic) bond motifs is 33. The minimum absolute atomic E-state index is 0.0128. The molecule has 15 aromatic heterocycles. The van der Waals surface area contributed by atoms with Gasteiger partial charge in [0, 0.05) is 219 Å². The van der Waals surface area contributed by atoms with Gasteiger partial charge in [-0.3, -0.25) is 19.9 Å². The number of rotatable bonds is 5. The maximum atomic E-state index is 8.48. The molecule has 0 radical (unpaired) electrons. The maximum Gasteiger partial charge on any atom is 0.227 e. The van der Waals surface area contributed by atoms with Crippen molar-refractivity contribution in [3.8, 4) is 112 Å². The molecule has 30 rings (SSSR count). The molecule has 15 heterocycles.